The van der Waals surface area contributed by atoms with Crippen molar-refractivity contribution >= 4 is 36.5 Å². The predicted molar refractivity (Wildman–Crippen MR) is 108 cm³/mol. The molecule has 1 amide bonds. The van der Waals surface area contributed by atoms with Crippen LogP contribution in [0, 0.1) is 0 Å². The van der Waals surface area contributed by atoms with Gasteiger partial charge in [-0.2, -0.15) is 0 Å². The van der Waals surface area contributed by atoms with Crippen molar-refractivity contribution in [3.05, 3.63) is 23.9 Å². The largest absolute Gasteiger partial charge is 0.372 e. The lowest BCUT2D eigenvalue weighted by molar-refractivity contribution is -0.123. The van der Waals surface area contributed by atoms with Gasteiger partial charge in [-0.25, -0.2) is 4.98 Å². The summed E-state index contributed by atoms with van der Waals surface area (Å²) in [6.45, 7) is 7.37. The molecule has 3 heterocycles. The average Bonchev–Trinajstić information content (AvgIpc) is 2.60. The SMILES string of the molecule is CC1CN(c2ccc(CNC(=O)C3CCCCN3)cn2)CC(C)O1.Cl.Cl. The zero-order valence-corrected chi connectivity index (χ0v) is 17.1. The Hall–Kier alpha value is -1.08. The first-order chi connectivity index (χ1) is 11.6. The van der Waals surface area contributed by atoms with Crippen molar-refractivity contribution in [1.82, 2.24) is 15.6 Å². The topological polar surface area (TPSA) is 66.5 Å². The first-order valence-corrected chi connectivity index (χ1v) is 8.98. The monoisotopic (exact) mass is 404 g/mol. The Kier molecular flexibility index (Phi) is 9.64. The van der Waals surface area contributed by atoms with Crippen LogP contribution in [-0.2, 0) is 16.1 Å². The molecule has 2 aliphatic rings. The van der Waals surface area contributed by atoms with Crippen molar-refractivity contribution < 1.29 is 9.53 Å². The van der Waals surface area contributed by atoms with E-state index in [1.165, 1.54) is 0 Å². The molecule has 0 bridgehead atoms. The highest BCUT2D eigenvalue weighted by Crippen LogP contribution is 2.18. The first-order valence-electron chi connectivity index (χ1n) is 8.98. The van der Waals surface area contributed by atoms with E-state index in [4.69, 9.17) is 4.74 Å². The number of aromatic nitrogens is 1. The van der Waals surface area contributed by atoms with Crippen molar-refractivity contribution in [2.45, 2.75) is 57.9 Å². The predicted octanol–water partition coefficient (Wildman–Crippen LogP) is 2.30. The average molecular weight is 405 g/mol. The molecule has 0 aromatic carbocycles. The highest BCUT2D eigenvalue weighted by molar-refractivity contribution is 5.85. The fourth-order valence-corrected chi connectivity index (χ4v) is 3.46. The number of pyridine rings is 1. The van der Waals surface area contributed by atoms with Crippen molar-refractivity contribution in [3.63, 3.8) is 0 Å². The van der Waals surface area contributed by atoms with Gasteiger partial charge in [-0.3, -0.25) is 4.79 Å². The van der Waals surface area contributed by atoms with Crippen LogP contribution in [0.5, 0.6) is 0 Å². The van der Waals surface area contributed by atoms with Gasteiger partial charge in [0.15, 0.2) is 0 Å². The number of hydrogen-bond acceptors (Lipinski definition) is 5. The molecule has 0 radical (unpaired) electrons. The van der Waals surface area contributed by atoms with Crippen LogP contribution in [0.15, 0.2) is 18.3 Å². The Morgan fingerprint density at radius 2 is 2.00 bits per heavy atom. The van der Waals surface area contributed by atoms with Gasteiger partial charge in [0.2, 0.25) is 5.91 Å². The number of carbonyl (C=O) groups excluding carboxylic acids is 1. The lowest BCUT2D eigenvalue weighted by atomic mass is 10.0. The lowest BCUT2D eigenvalue weighted by Crippen LogP contribution is -2.46. The maximum atomic E-state index is 12.1. The Labute approximate surface area is 168 Å². The fraction of sp³-hybridized carbons (Fsp3) is 0.667. The van der Waals surface area contributed by atoms with Crippen molar-refractivity contribution in [2.75, 3.05) is 24.5 Å². The molecule has 3 unspecified atom stereocenters. The van der Waals surface area contributed by atoms with Crippen molar-refractivity contribution in [1.29, 1.82) is 0 Å². The van der Waals surface area contributed by atoms with Gasteiger partial charge >= 0.3 is 0 Å². The van der Waals surface area contributed by atoms with E-state index in [1.807, 2.05) is 18.3 Å². The van der Waals surface area contributed by atoms with Crippen LogP contribution < -0.4 is 15.5 Å². The van der Waals surface area contributed by atoms with E-state index in [9.17, 15) is 4.79 Å². The summed E-state index contributed by atoms with van der Waals surface area (Å²) in [5, 5.41) is 6.28. The second-order valence-corrected chi connectivity index (χ2v) is 6.91. The molecule has 6 nitrogen and oxygen atoms in total. The number of amides is 1. The smallest absolute Gasteiger partial charge is 0.237 e. The number of hydrogen-bond donors (Lipinski definition) is 2. The van der Waals surface area contributed by atoms with Gasteiger partial charge in [0.25, 0.3) is 0 Å². The van der Waals surface area contributed by atoms with Gasteiger partial charge in [0, 0.05) is 25.8 Å². The quantitative estimate of drug-likeness (QED) is 0.805. The number of halogens is 2. The summed E-state index contributed by atoms with van der Waals surface area (Å²) in [5.41, 5.74) is 1.03. The van der Waals surface area contributed by atoms with Crippen LogP contribution in [0.25, 0.3) is 0 Å². The first kappa shape index (κ1) is 23.0. The van der Waals surface area contributed by atoms with Crippen LogP contribution in [-0.4, -0.2) is 48.8 Å². The third-order valence-corrected chi connectivity index (χ3v) is 4.65. The van der Waals surface area contributed by atoms with Crippen LogP contribution in [0.1, 0.15) is 38.7 Å². The molecule has 2 fully saturated rings. The van der Waals surface area contributed by atoms with Gasteiger partial charge in [0.05, 0.1) is 18.2 Å². The number of rotatable bonds is 4. The molecule has 8 heteroatoms. The van der Waals surface area contributed by atoms with Crippen LogP contribution in [0.4, 0.5) is 5.82 Å². The minimum absolute atomic E-state index is 0. The summed E-state index contributed by atoms with van der Waals surface area (Å²) in [6, 6.07) is 4.04. The summed E-state index contributed by atoms with van der Waals surface area (Å²) < 4.78 is 5.76. The summed E-state index contributed by atoms with van der Waals surface area (Å²) in [4.78, 5) is 19.0. The second-order valence-electron chi connectivity index (χ2n) is 6.91. The van der Waals surface area contributed by atoms with Crippen molar-refractivity contribution in [2.24, 2.45) is 0 Å². The molecule has 148 valence electrons. The van der Waals surface area contributed by atoms with Crippen LogP contribution in [0.3, 0.4) is 0 Å². The molecule has 1 aromatic heterocycles. The van der Waals surface area contributed by atoms with E-state index in [0.717, 1.165) is 50.3 Å². The highest BCUT2D eigenvalue weighted by atomic mass is 35.5. The standard InChI is InChI=1S/C18H28N4O2.2ClH/c1-13-11-22(12-14(2)24-13)17-7-6-15(9-20-17)10-21-18(23)16-5-3-4-8-19-16;;/h6-7,9,13-14,16,19H,3-5,8,10-12H2,1-2H3,(H,21,23);2*1H. The fourth-order valence-electron chi connectivity index (χ4n) is 3.46. The summed E-state index contributed by atoms with van der Waals surface area (Å²) in [7, 11) is 0. The maximum absolute atomic E-state index is 12.1. The minimum atomic E-state index is -0.0395. The van der Waals surface area contributed by atoms with E-state index >= 15 is 0 Å². The normalized spacial score (nSPS) is 25.6. The number of morpholine rings is 1. The third-order valence-electron chi connectivity index (χ3n) is 4.65. The summed E-state index contributed by atoms with van der Waals surface area (Å²) in [6.07, 6.45) is 5.51. The highest BCUT2D eigenvalue weighted by Gasteiger charge is 2.23. The van der Waals surface area contributed by atoms with Crippen LogP contribution in [0.2, 0.25) is 0 Å². The number of anilines is 1. The summed E-state index contributed by atoms with van der Waals surface area (Å²) in [5.74, 6) is 1.07. The molecule has 2 N–H and O–H groups in total. The Morgan fingerprint density at radius 3 is 2.58 bits per heavy atom. The third kappa shape index (κ3) is 6.27. The molecule has 3 atom stereocenters. The lowest BCUT2D eigenvalue weighted by Gasteiger charge is -2.36. The van der Waals surface area contributed by atoms with E-state index in [-0.39, 0.29) is 49.0 Å². The number of nitrogens with zero attached hydrogens (tertiary/aromatic N) is 2. The minimum Gasteiger partial charge on any atom is -0.372 e. The van der Waals surface area contributed by atoms with Crippen LogP contribution >= 0.6 is 24.8 Å². The number of carbonyl (C=O) groups is 1. The zero-order chi connectivity index (χ0) is 16.9. The molecule has 0 saturated carbocycles. The molecule has 26 heavy (non-hydrogen) atoms. The molecular formula is C18H30Cl2N4O2. The zero-order valence-electron chi connectivity index (χ0n) is 15.4. The number of nitrogens with one attached hydrogen (secondary N) is 2. The summed E-state index contributed by atoms with van der Waals surface area (Å²) >= 11 is 0. The number of piperidine rings is 1. The maximum Gasteiger partial charge on any atom is 0.237 e. The Morgan fingerprint density at radius 1 is 1.27 bits per heavy atom. The van der Waals surface area contributed by atoms with E-state index in [1.54, 1.807) is 0 Å². The Balaban J connectivity index is 0.00000169. The molecular weight excluding hydrogens is 375 g/mol. The molecule has 1 aromatic rings. The van der Waals surface area contributed by atoms with Gasteiger partial charge in [0.1, 0.15) is 5.82 Å². The second kappa shape index (κ2) is 10.9. The van der Waals surface area contributed by atoms with E-state index < -0.39 is 0 Å². The molecule has 2 saturated heterocycles. The molecule has 3 rings (SSSR count). The number of ether oxygens (including phenoxy) is 1. The molecule has 0 spiro atoms. The molecule has 0 aliphatic carbocycles. The van der Waals surface area contributed by atoms with Crippen molar-refractivity contribution in [3.8, 4) is 0 Å². The van der Waals surface area contributed by atoms with E-state index in [0.29, 0.717) is 6.54 Å². The van der Waals surface area contributed by atoms with Gasteiger partial charge in [-0.05, 0) is 44.9 Å². The van der Waals surface area contributed by atoms with Gasteiger partial charge in [-0.1, -0.05) is 12.5 Å². The van der Waals surface area contributed by atoms with Gasteiger partial charge < -0.3 is 20.3 Å². The van der Waals surface area contributed by atoms with Gasteiger partial charge in [-0.15, -0.1) is 24.8 Å². The molecule has 2 aliphatic heterocycles. The Bertz CT molecular complexity index is 543. The van der Waals surface area contributed by atoms with E-state index in [2.05, 4.69) is 34.4 Å².